The van der Waals surface area contributed by atoms with Gasteiger partial charge in [-0.25, -0.2) is 9.78 Å². The van der Waals surface area contributed by atoms with Gasteiger partial charge in [0.05, 0.1) is 7.11 Å². The summed E-state index contributed by atoms with van der Waals surface area (Å²) in [6, 6.07) is 9.13. The van der Waals surface area contributed by atoms with Gasteiger partial charge in [0.25, 0.3) is 5.91 Å². The molecule has 0 spiro atoms. The summed E-state index contributed by atoms with van der Waals surface area (Å²) in [6.45, 7) is 4.63. The number of nitrogens with zero attached hydrogens (tertiary/aromatic N) is 3. The Kier molecular flexibility index (Phi) is 5.87. The van der Waals surface area contributed by atoms with Gasteiger partial charge in [-0.1, -0.05) is 37.2 Å². The lowest BCUT2D eigenvalue weighted by molar-refractivity contribution is -0.144. The average molecular weight is 456 g/mol. The average Bonchev–Trinajstić information content (AvgIpc) is 3.49. The van der Waals surface area contributed by atoms with E-state index >= 15 is 0 Å². The summed E-state index contributed by atoms with van der Waals surface area (Å²) in [6.07, 6.45) is 0.987. The van der Waals surface area contributed by atoms with Gasteiger partial charge in [0.1, 0.15) is 10.7 Å². The largest absolute Gasteiger partial charge is 0.464 e. The third kappa shape index (κ3) is 3.93. The molecular formula is C23H25N3O5S. The molecule has 1 aromatic carbocycles. The predicted molar refractivity (Wildman–Crippen MR) is 119 cm³/mol. The maximum atomic E-state index is 12.3. The topological polar surface area (TPSA) is 106 Å². The summed E-state index contributed by atoms with van der Waals surface area (Å²) in [7, 11) is 3.00. The van der Waals surface area contributed by atoms with Crippen LogP contribution in [0, 0.1) is 5.92 Å². The number of aliphatic hydroxyl groups is 1. The third-order valence-electron chi connectivity index (χ3n) is 5.50. The molecule has 2 aromatic heterocycles. The molecule has 1 aliphatic rings. The van der Waals surface area contributed by atoms with Crippen molar-refractivity contribution in [2.45, 2.75) is 32.3 Å². The Balaban J connectivity index is 1.67. The molecule has 1 aliphatic heterocycles. The molecule has 0 aliphatic carbocycles. The molecule has 3 heterocycles. The van der Waals surface area contributed by atoms with Crippen LogP contribution < -0.4 is 0 Å². The van der Waals surface area contributed by atoms with Crippen molar-refractivity contribution in [2.75, 3.05) is 20.7 Å². The first-order chi connectivity index (χ1) is 15.2. The van der Waals surface area contributed by atoms with Crippen LogP contribution in [-0.4, -0.2) is 52.7 Å². The molecule has 1 fully saturated rings. The molecule has 168 valence electrons. The molecule has 1 atom stereocenters. The third-order valence-corrected chi connectivity index (χ3v) is 6.63. The van der Waals surface area contributed by atoms with Crippen LogP contribution in [0.5, 0.6) is 0 Å². The molecule has 4 rings (SSSR count). The van der Waals surface area contributed by atoms with E-state index in [0.29, 0.717) is 28.9 Å². The summed E-state index contributed by atoms with van der Waals surface area (Å²) >= 11 is 1.47. The van der Waals surface area contributed by atoms with Crippen LogP contribution >= 0.6 is 11.3 Å². The van der Waals surface area contributed by atoms with Crippen molar-refractivity contribution in [3.8, 4) is 21.8 Å². The normalized spacial score (nSPS) is 18.6. The Labute approximate surface area is 189 Å². The van der Waals surface area contributed by atoms with E-state index in [-0.39, 0.29) is 12.2 Å². The summed E-state index contributed by atoms with van der Waals surface area (Å²) in [5.74, 6) is -0.340. The van der Waals surface area contributed by atoms with Crippen molar-refractivity contribution in [2.24, 2.45) is 5.92 Å². The molecule has 0 unspecified atom stereocenters. The number of rotatable bonds is 6. The second-order valence-corrected chi connectivity index (χ2v) is 9.46. The first kappa shape index (κ1) is 22.2. The molecule has 1 amide bonds. The van der Waals surface area contributed by atoms with Crippen LogP contribution in [0.25, 0.3) is 21.8 Å². The zero-order valence-electron chi connectivity index (χ0n) is 18.4. The van der Waals surface area contributed by atoms with Crippen molar-refractivity contribution in [1.29, 1.82) is 0 Å². The maximum absolute atomic E-state index is 12.3. The Bertz CT molecular complexity index is 1170. The first-order valence-electron chi connectivity index (χ1n) is 10.4. The molecule has 0 saturated carbocycles. The van der Waals surface area contributed by atoms with Crippen LogP contribution in [0.3, 0.4) is 0 Å². The van der Waals surface area contributed by atoms with E-state index in [0.717, 1.165) is 22.4 Å². The number of methoxy groups -OCH3 is 1. The number of esters is 1. The fourth-order valence-electron chi connectivity index (χ4n) is 3.74. The van der Waals surface area contributed by atoms with E-state index in [2.05, 4.69) is 24.0 Å². The zero-order chi connectivity index (χ0) is 23.0. The van der Waals surface area contributed by atoms with Crippen molar-refractivity contribution in [1.82, 2.24) is 15.0 Å². The van der Waals surface area contributed by atoms with Gasteiger partial charge in [-0.2, -0.15) is 0 Å². The van der Waals surface area contributed by atoms with E-state index in [1.165, 1.54) is 23.3 Å². The molecule has 1 N–H and O–H groups in total. The first-order valence-corrected chi connectivity index (χ1v) is 11.2. The highest BCUT2D eigenvalue weighted by molar-refractivity contribution is 7.15. The quantitative estimate of drug-likeness (QED) is 0.567. The number of amides is 1. The van der Waals surface area contributed by atoms with Crippen LogP contribution in [0.2, 0.25) is 0 Å². The molecular weight excluding hydrogens is 430 g/mol. The number of likely N-dealkylation sites (tertiary alicyclic amines) is 1. The molecule has 0 bridgehead atoms. The molecule has 3 aromatic rings. The maximum Gasteiger partial charge on any atom is 0.357 e. The molecule has 0 radical (unpaired) electrons. The highest BCUT2D eigenvalue weighted by atomic mass is 32.1. The van der Waals surface area contributed by atoms with Gasteiger partial charge in [0.15, 0.2) is 11.5 Å². The minimum atomic E-state index is -1.69. The lowest BCUT2D eigenvalue weighted by atomic mass is 9.98. The monoisotopic (exact) mass is 455 g/mol. The number of aromatic nitrogens is 2. The SMILES string of the molecule is COC(=O)c1nc(-c2cccc(-c3cc([C@]4(O)CCN(C)C4=O)on3)c2)sc1CC(C)C. The van der Waals surface area contributed by atoms with Gasteiger partial charge in [0.2, 0.25) is 5.60 Å². The highest BCUT2D eigenvalue weighted by Gasteiger charge is 2.48. The number of thiazole rings is 1. The van der Waals surface area contributed by atoms with Crippen molar-refractivity contribution >= 4 is 23.2 Å². The number of hydrogen-bond acceptors (Lipinski definition) is 8. The Morgan fingerprint density at radius 2 is 2.09 bits per heavy atom. The lowest BCUT2D eigenvalue weighted by Crippen LogP contribution is -2.35. The van der Waals surface area contributed by atoms with Gasteiger partial charge in [-0.3, -0.25) is 4.79 Å². The fraction of sp³-hybridized carbons (Fsp3) is 0.391. The number of hydrogen-bond donors (Lipinski definition) is 1. The zero-order valence-corrected chi connectivity index (χ0v) is 19.2. The van der Waals surface area contributed by atoms with Gasteiger partial charge < -0.3 is 19.3 Å². The van der Waals surface area contributed by atoms with E-state index in [1.54, 1.807) is 13.1 Å². The van der Waals surface area contributed by atoms with E-state index < -0.39 is 17.5 Å². The minimum Gasteiger partial charge on any atom is -0.464 e. The predicted octanol–water partition coefficient (Wildman–Crippen LogP) is 3.50. The van der Waals surface area contributed by atoms with Crippen molar-refractivity contribution < 1.29 is 24.0 Å². The Morgan fingerprint density at radius 3 is 2.75 bits per heavy atom. The number of carbonyl (C=O) groups excluding carboxylic acids is 2. The number of benzene rings is 1. The second-order valence-electron chi connectivity index (χ2n) is 8.37. The van der Waals surface area contributed by atoms with Gasteiger partial charge >= 0.3 is 5.97 Å². The fourth-order valence-corrected chi connectivity index (χ4v) is 5.00. The molecule has 8 nitrogen and oxygen atoms in total. The van der Waals surface area contributed by atoms with Gasteiger partial charge in [0, 0.05) is 42.1 Å². The van der Waals surface area contributed by atoms with Gasteiger partial charge in [-0.05, 0) is 18.4 Å². The lowest BCUT2D eigenvalue weighted by Gasteiger charge is -2.16. The standard InChI is InChI=1S/C23H25N3O5S/c1-13(2)10-17-19(21(27)30-4)24-20(32-17)15-7-5-6-14(11-15)16-12-18(31-25-16)23(29)8-9-26(3)22(23)28/h5-7,11-13,29H,8-10H2,1-4H3/t23-/m1/s1. The van der Waals surface area contributed by atoms with Crippen LogP contribution in [0.15, 0.2) is 34.9 Å². The van der Waals surface area contributed by atoms with E-state index in [1.807, 2.05) is 24.3 Å². The van der Waals surface area contributed by atoms with Gasteiger partial charge in [-0.15, -0.1) is 11.3 Å². The number of ether oxygens (including phenoxy) is 1. The second kappa shape index (κ2) is 8.48. The minimum absolute atomic E-state index is 0.133. The molecule has 9 heteroatoms. The van der Waals surface area contributed by atoms with Crippen LogP contribution in [0.1, 0.15) is 41.4 Å². The Hall–Kier alpha value is -3.04. The van der Waals surface area contributed by atoms with E-state index in [4.69, 9.17) is 9.26 Å². The van der Waals surface area contributed by atoms with E-state index in [9.17, 15) is 14.7 Å². The molecule has 32 heavy (non-hydrogen) atoms. The summed E-state index contributed by atoms with van der Waals surface area (Å²) in [4.78, 5) is 31.5. The van der Waals surface area contributed by atoms with Crippen molar-refractivity contribution in [3.05, 3.63) is 46.7 Å². The number of carbonyl (C=O) groups is 2. The van der Waals surface area contributed by atoms with Crippen LogP contribution in [0.4, 0.5) is 0 Å². The highest BCUT2D eigenvalue weighted by Crippen LogP contribution is 2.36. The van der Waals surface area contributed by atoms with Crippen LogP contribution in [-0.2, 0) is 21.6 Å². The summed E-state index contributed by atoms with van der Waals surface area (Å²) in [5, 5.41) is 15.6. The summed E-state index contributed by atoms with van der Waals surface area (Å²) in [5.41, 5.74) is 0.743. The molecule has 1 saturated heterocycles. The number of likely N-dealkylation sites (N-methyl/N-ethyl adjacent to an activating group) is 1. The summed E-state index contributed by atoms with van der Waals surface area (Å²) < 4.78 is 10.3. The van der Waals surface area contributed by atoms with Crippen molar-refractivity contribution in [3.63, 3.8) is 0 Å². The Morgan fingerprint density at radius 1 is 1.34 bits per heavy atom. The smallest absolute Gasteiger partial charge is 0.357 e.